The standard InChI is InChI=1S/C41H47N/c1-40(2,3)42(39-31(28-16-7-6-8-17-28)23-15-24-32(39)29-18-9-10-19-29)38-27-37-35(26-34(38)30-20-11-12-21-30)33-22-13-14-25-36(33)41(37,4)5/h6-8,13-17,22-27,29-30H,9-12,18-21H2,1-5H3. The Morgan fingerprint density at radius 3 is 1.86 bits per heavy atom. The molecule has 0 N–H and O–H groups in total. The van der Waals surface area contributed by atoms with E-state index in [0.717, 1.165) is 0 Å². The maximum Gasteiger partial charge on any atom is 0.0530 e. The third kappa shape index (κ3) is 4.52. The molecule has 3 aliphatic rings. The number of hydrogen-bond donors (Lipinski definition) is 0. The molecular weight excluding hydrogens is 506 g/mol. The number of nitrogens with zero attached hydrogens (tertiary/aromatic N) is 1. The number of para-hydroxylation sites is 1. The molecule has 4 aromatic rings. The van der Waals surface area contributed by atoms with Gasteiger partial charge in [-0.1, -0.05) is 112 Å². The summed E-state index contributed by atoms with van der Waals surface area (Å²) in [5, 5.41) is 0. The number of benzene rings is 4. The average Bonchev–Trinajstić information content (AvgIpc) is 3.75. The summed E-state index contributed by atoms with van der Waals surface area (Å²) in [6, 6.07) is 32.7. The van der Waals surface area contributed by atoms with Crippen LogP contribution in [0, 0.1) is 0 Å². The third-order valence-electron chi connectivity index (χ3n) is 10.6. The normalized spacial score (nSPS) is 18.3. The maximum absolute atomic E-state index is 2.79. The Kier molecular flexibility index (Phi) is 6.84. The van der Waals surface area contributed by atoms with Crippen LogP contribution in [0.3, 0.4) is 0 Å². The van der Waals surface area contributed by atoms with E-state index in [2.05, 4.69) is 124 Å². The van der Waals surface area contributed by atoms with Gasteiger partial charge in [0, 0.05) is 22.2 Å². The van der Waals surface area contributed by atoms with E-state index in [1.807, 2.05) is 0 Å². The fraction of sp³-hybridized carbons (Fsp3) is 0.415. The van der Waals surface area contributed by atoms with Gasteiger partial charge in [-0.25, -0.2) is 0 Å². The average molecular weight is 554 g/mol. The van der Waals surface area contributed by atoms with Gasteiger partial charge in [-0.3, -0.25) is 0 Å². The lowest BCUT2D eigenvalue weighted by atomic mass is 9.80. The Hall–Kier alpha value is -3.32. The van der Waals surface area contributed by atoms with Crippen LogP contribution in [0.2, 0.25) is 0 Å². The lowest BCUT2D eigenvalue weighted by Gasteiger charge is -2.43. The van der Waals surface area contributed by atoms with E-state index in [0.29, 0.717) is 11.8 Å². The van der Waals surface area contributed by atoms with Crippen LogP contribution in [-0.2, 0) is 5.41 Å². The van der Waals surface area contributed by atoms with Crippen LogP contribution in [0.25, 0.3) is 22.3 Å². The SMILES string of the molecule is CC1(C)c2ccccc2-c2cc(C3CCCC3)c(N(c3c(-c4ccccc4)cccc3C3CCCC3)C(C)(C)C)cc21. The van der Waals surface area contributed by atoms with Gasteiger partial charge in [0.2, 0.25) is 0 Å². The Balaban J connectivity index is 1.53. The molecule has 42 heavy (non-hydrogen) atoms. The smallest absolute Gasteiger partial charge is 0.0530 e. The zero-order chi connectivity index (χ0) is 29.1. The first-order valence-corrected chi connectivity index (χ1v) is 16.5. The molecule has 0 heterocycles. The van der Waals surface area contributed by atoms with Crippen molar-refractivity contribution in [1.82, 2.24) is 0 Å². The molecule has 0 spiro atoms. The van der Waals surface area contributed by atoms with Crippen molar-refractivity contribution >= 4 is 11.4 Å². The molecule has 4 aromatic carbocycles. The summed E-state index contributed by atoms with van der Waals surface area (Å²) in [4.78, 5) is 2.79. The Morgan fingerprint density at radius 2 is 1.19 bits per heavy atom. The maximum atomic E-state index is 2.79. The topological polar surface area (TPSA) is 3.24 Å². The van der Waals surface area contributed by atoms with Crippen LogP contribution in [-0.4, -0.2) is 5.54 Å². The van der Waals surface area contributed by atoms with Gasteiger partial charge in [0.25, 0.3) is 0 Å². The molecule has 2 fully saturated rings. The number of anilines is 2. The van der Waals surface area contributed by atoms with Gasteiger partial charge in [0.15, 0.2) is 0 Å². The molecule has 2 saturated carbocycles. The van der Waals surface area contributed by atoms with Crippen LogP contribution in [0.5, 0.6) is 0 Å². The minimum absolute atomic E-state index is 0.0222. The highest BCUT2D eigenvalue weighted by Gasteiger charge is 2.40. The predicted molar refractivity (Wildman–Crippen MR) is 180 cm³/mol. The first-order valence-electron chi connectivity index (χ1n) is 16.5. The number of rotatable bonds is 5. The summed E-state index contributed by atoms with van der Waals surface area (Å²) < 4.78 is 0. The molecule has 0 aromatic heterocycles. The van der Waals surface area contributed by atoms with Crippen molar-refractivity contribution in [2.45, 2.75) is 109 Å². The molecule has 216 valence electrons. The van der Waals surface area contributed by atoms with Crippen molar-refractivity contribution in [2.24, 2.45) is 0 Å². The summed E-state index contributed by atoms with van der Waals surface area (Å²) in [5.41, 5.74) is 14.4. The van der Waals surface area contributed by atoms with E-state index in [-0.39, 0.29) is 11.0 Å². The van der Waals surface area contributed by atoms with Crippen molar-refractivity contribution < 1.29 is 0 Å². The van der Waals surface area contributed by atoms with Crippen LogP contribution >= 0.6 is 0 Å². The summed E-state index contributed by atoms with van der Waals surface area (Å²) >= 11 is 0. The molecule has 3 aliphatic carbocycles. The molecule has 0 amide bonds. The first kappa shape index (κ1) is 27.5. The Bertz CT molecular complexity index is 1590. The summed E-state index contributed by atoms with van der Waals surface area (Å²) in [6.45, 7) is 12.1. The Labute approximate surface area is 254 Å². The lowest BCUT2D eigenvalue weighted by Crippen LogP contribution is -2.39. The molecule has 0 atom stereocenters. The quantitative estimate of drug-likeness (QED) is 0.237. The fourth-order valence-electron chi connectivity index (χ4n) is 8.56. The summed E-state index contributed by atoms with van der Waals surface area (Å²) in [7, 11) is 0. The van der Waals surface area contributed by atoms with Gasteiger partial charge in [0.05, 0.1) is 5.69 Å². The predicted octanol–water partition coefficient (Wildman–Crippen LogP) is 11.9. The highest BCUT2D eigenvalue weighted by Crippen LogP contribution is 2.55. The van der Waals surface area contributed by atoms with Crippen molar-refractivity contribution in [1.29, 1.82) is 0 Å². The minimum atomic E-state index is -0.102. The minimum Gasteiger partial charge on any atom is -0.335 e. The molecule has 0 radical (unpaired) electrons. The van der Waals surface area contributed by atoms with Crippen molar-refractivity contribution in [3.8, 4) is 22.3 Å². The summed E-state index contributed by atoms with van der Waals surface area (Å²) in [6.07, 6.45) is 10.5. The molecule has 7 rings (SSSR count). The van der Waals surface area contributed by atoms with Gasteiger partial charge in [0.1, 0.15) is 0 Å². The second kappa shape index (κ2) is 10.4. The highest BCUT2D eigenvalue weighted by molar-refractivity contribution is 5.90. The van der Waals surface area contributed by atoms with Gasteiger partial charge in [-0.15, -0.1) is 0 Å². The van der Waals surface area contributed by atoms with Crippen LogP contribution in [0.1, 0.15) is 120 Å². The van der Waals surface area contributed by atoms with Crippen LogP contribution < -0.4 is 4.90 Å². The zero-order valence-electron chi connectivity index (χ0n) is 26.3. The second-order valence-corrected chi connectivity index (χ2v) is 14.7. The third-order valence-corrected chi connectivity index (χ3v) is 10.6. The molecule has 0 bridgehead atoms. The van der Waals surface area contributed by atoms with E-state index in [1.54, 1.807) is 11.1 Å². The van der Waals surface area contributed by atoms with E-state index >= 15 is 0 Å². The fourth-order valence-corrected chi connectivity index (χ4v) is 8.56. The van der Waals surface area contributed by atoms with Crippen molar-refractivity contribution in [3.63, 3.8) is 0 Å². The lowest BCUT2D eigenvalue weighted by molar-refractivity contribution is 0.551. The molecule has 0 unspecified atom stereocenters. The zero-order valence-corrected chi connectivity index (χ0v) is 26.3. The van der Waals surface area contributed by atoms with E-state index in [1.165, 1.54) is 96.1 Å². The number of fused-ring (bicyclic) bond motifs is 3. The van der Waals surface area contributed by atoms with Gasteiger partial charge < -0.3 is 4.90 Å². The first-order chi connectivity index (χ1) is 20.2. The largest absolute Gasteiger partial charge is 0.335 e. The number of hydrogen-bond acceptors (Lipinski definition) is 1. The molecule has 1 nitrogen and oxygen atoms in total. The molecule has 0 aliphatic heterocycles. The van der Waals surface area contributed by atoms with E-state index in [4.69, 9.17) is 0 Å². The second-order valence-electron chi connectivity index (χ2n) is 14.7. The van der Waals surface area contributed by atoms with Gasteiger partial charge in [-0.05, 0) is 109 Å². The highest BCUT2D eigenvalue weighted by atomic mass is 15.2. The van der Waals surface area contributed by atoms with E-state index in [9.17, 15) is 0 Å². The van der Waals surface area contributed by atoms with Crippen molar-refractivity contribution in [2.75, 3.05) is 4.90 Å². The summed E-state index contributed by atoms with van der Waals surface area (Å²) in [5.74, 6) is 1.24. The van der Waals surface area contributed by atoms with Crippen LogP contribution in [0.15, 0.2) is 84.9 Å². The van der Waals surface area contributed by atoms with Crippen molar-refractivity contribution in [3.05, 3.63) is 107 Å². The monoisotopic (exact) mass is 553 g/mol. The Morgan fingerprint density at radius 1 is 0.595 bits per heavy atom. The molecule has 1 heteroatoms. The molecular formula is C41H47N. The molecule has 0 saturated heterocycles. The van der Waals surface area contributed by atoms with Crippen LogP contribution in [0.4, 0.5) is 11.4 Å². The van der Waals surface area contributed by atoms with Gasteiger partial charge in [-0.2, -0.15) is 0 Å². The van der Waals surface area contributed by atoms with Gasteiger partial charge >= 0.3 is 0 Å². The van der Waals surface area contributed by atoms with E-state index < -0.39 is 0 Å².